The van der Waals surface area contributed by atoms with Crippen molar-refractivity contribution in [2.45, 2.75) is 13.1 Å². The largest absolute Gasteiger partial charge is 0.416 e. The van der Waals surface area contributed by atoms with Gasteiger partial charge in [-0.15, -0.1) is 0 Å². The van der Waals surface area contributed by atoms with Crippen LogP contribution in [0.2, 0.25) is 0 Å². The van der Waals surface area contributed by atoms with Crippen molar-refractivity contribution < 1.29 is 18.0 Å². The SMILES string of the molecule is CNCC(C)CNC(=O)c1ccc(C(F)(F)F)cc1. The van der Waals surface area contributed by atoms with E-state index in [0.29, 0.717) is 6.54 Å². The van der Waals surface area contributed by atoms with E-state index >= 15 is 0 Å². The van der Waals surface area contributed by atoms with E-state index in [9.17, 15) is 18.0 Å². The molecule has 1 atom stereocenters. The molecule has 0 spiro atoms. The first kappa shape index (κ1) is 15.5. The molecule has 0 saturated carbocycles. The maximum atomic E-state index is 12.4. The van der Waals surface area contributed by atoms with Crippen molar-refractivity contribution in [3.05, 3.63) is 35.4 Å². The molecule has 0 aliphatic rings. The highest BCUT2D eigenvalue weighted by atomic mass is 19.4. The van der Waals surface area contributed by atoms with Crippen molar-refractivity contribution in [2.75, 3.05) is 20.1 Å². The molecule has 0 saturated heterocycles. The number of halogens is 3. The lowest BCUT2D eigenvalue weighted by Crippen LogP contribution is -2.32. The summed E-state index contributed by atoms with van der Waals surface area (Å²) in [6.07, 6.45) is -4.38. The summed E-state index contributed by atoms with van der Waals surface area (Å²) in [5.74, 6) is -0.111. The highest BCUT2D eigenvalue weighted by Crippen LogP contribution is 2.28. The average Bonchev–Trinajstić information content (AvgIpc) is 2.35. The van der Waals surface area contributed by atoms with Crippen LogP contribution in [0.15, 0.2) is 24.3 Å². The molecule has 1 rings (SSSR count). The Kier molecular flexibility index (Phi) is 5.35. The molecule has 1 aromatic rings. The van der Waals surface area contributed by atoms with Crippen molar-refractivity contribution in [3.8, 4) is 0 Å². The predicted molar refractivity (Wildman–Crippen MR) is 66.9 cm³/mol. The number of rotatable bonds is 5. The monoisotopic (exact) mass is 274 g/mol. The molecule has 2 N–H and O–H groups in total. The first-order valence-corrected chi connectivity index (χ1v) is 5.94. The Morgan fingerprint density at radius 2 is 1.79 bits per heavy atom. The normalized spacial score (nSPS) is 13.1. The Balaban J connectivity index is 2.59. The van der Waals surface area contributed by atoms with E-state index in [1.165, 1.54) is 12.1 Å². The van der Waals surface area contributed by atoms with Gasteiger partial charge in [-0.05, 0) is 43.8 Å². The lowest BCUT2D eigenvalue weighted by atomic mass is 10.1. The molecule has 1 amide bonds. The fourth-order valence-corrected chi connectivity index (χ4v) is 1.60. The summed E-state index contributed by atoms with van der Waals surface area (Å²) in [5.41, 5.74) is -0.530. The number of carbonyl (C=O) groups is 1. The number of amides is 1. The fourth-order valence-electron chi connectivity index (χ4n) is 1.60. The van der Waals surface area contributed by atoms with E-state index in [4.69, 9.17) is 0 Å². The Bertz CT molecular complexity index is 415. The molecule has 0 aliphatic carbocycles. The summed E-state index contributed by atoms with van der Waals surface area (Å²) in [6.45, 7) is 3.19. The minimum absolute atomic E-state index is 0.227. The summed E-state index contributed by atoms with van der Waals surface area (Å²) in [6, 6.07) is 4.18. The molecule has 3 nitrogen and oxygen atoms in total. The van der Waals surface area contributed by atoms with Gasteiger partial charge in [-0.1, -0.05) is 6.92 Å². The van der Waals surface area contributed by atoms with Gasteiger partial charge in [0.2, 0.25) is 0 Å². The number of benzene rings is 1. The maximum absolute atomic E-state index is 12.4. The van der Waals surface area contributed by atoms with Crippen molar-refractivity contribution >= 4 is 5.91 Å². The molecule has 6 heteroatoms. The number of alkyl halides is 3. The average molecular weight is 274 g/mol. The molecular weight excluding hydrogens is 257 g/mol. The molecule has 0 radical (unpaired) electrons. The van der Waals surface area contributed by atoms with Crippen LogP contribution in [0.25, 0.3) is 0 Å². The Morgan fingerprint density at radius 3 is 2.26 bits per heavy atom. The van der Waals surface area contributed by atoms with Crippen LogP contribution in [0.4, 0.5) is 13.2 Å². The highest BCUT2D eigenvalue weighted by Gasteiger charge is 2.30. The van der Waals surface area contributed by atoms with Crippen LogP contribution in [0.5, 0.6) is 0 Å². The quantitative estimate of drug-likeness (QED) is 0.865. The molecule has 0 aromatic heterocycles. The number of carbonyl (C=O) groups excluding carboxylic acids is 1. The zero-order valence-electron chi connectivity index (χ0n) is 10.8. The van der Waals surface area contributed by atoms with Crippen LogP contribution in [0.1, 0.15) is 22.8 Å². The molecule has 1 aromatic carbocycles. The van der Waals surface area contributed by atoms with Crippen LogP contribution < -0.4 is 10.6 Å². The van der Waals surface area contributed by atoms with Gasteiger partial charge in [-0.25, -0.2) is 0 Å². The van der Waals surface area contributed by atoms with E-state index in [2.05, 4.69) is 10.6 Å². The van der Waals surface area contributed by atoms with E-state index < -0.39 is 11.7 Å². The molecule has 0 aliphatic heterocycles. The molecule has 0 bridgehead atoms. The maximum Gasteiger partial charge on any atom is 0.416 e. The van der Waals surface area contributed by atoms with E-state index in [1.54, 1.807) is 0 Å². The van der Waals surface area contributed by atoms with Gasteiger partial charge in [0.25, 0.3) is 5.91 Å². The summed E-state index contributed by atoms with van der Waals surface area (Å²) >= 11 is 0. The van der Waals surface area contributed by atoms with Gasteiger partial charge >= 0.3 is 6.18 Å². The minimum Gasteiger partial charge on any atom is -0.352 e. The third kappa shape index (κ3) is 4.90. The van der Waals surface area contributed by atoms with Gasteiger partial charge in [0.15, 0.2) is 0 Å². The number of nitrogens with one attached hydrogen (secondary N) is 2. The topological polar surface area (TPSA) is 41.1 Å². The van der Waals surface area contributed by atoms with Gasteiger partial charge in [0.05, 0.1) is 5.56 Å². The standard InChI is InChI=1S/C13H17F3N2O/c1-9(7-17-2)8-18-12(19)10-3-5-11(6-4-10)13(14,15)16/h3-6,9,17H,7-8H2,1-2H3,(H,18,19). The van der Waals surface area contributed by atoms with Gasteiger partial charge < -0.3 is 10.6 Å². The third-order valence-corrected chi connectivity index (χ3v) is 2.64. The molecular formula is C13H17F3N2O. The second-order valence-corrected chi connectivity index (χ2v) is 4.45. The smallest absolute Gasteiger partial charge is 0.352 e. The van der Waals surface area contributed by atoms with Crippen LogP contribution >= 0.6 is 0 Å². The van der Waals surface area contributed by atoms with Gasteiger partial charge in [0.1, 0.15) is 0 Å². The van der Waals surface area contributed by atoms with E-state index in [1.807, 2.05) is 14.0 Å². The number of hydrogen-bond acceptors (Lipinski definition) is 2. The Morgan fingerprint density at radius 1 is 1.21 bits per heavy atom. The van der Waals surface area contributed by atoms with Crippen molar-refractivity contribution in [1.82, 2.24) is 10.6 Å². The van der Waals surface area contributed by atoms with Crippen LogP contribution in [0, 0.1) is 5.92 Å². The Labute approximate surface area is 110 Å². The molecule has 106 valence electrons. The fraction of sp³-hybridized carbons (Fsp3) is 0.462. The lowest BCUT2D eigenvalue weighted by Gasteiger charge is -2.12. The zero-order valence-corrected chi connectivity index (χ0v) is 10.8. The third-order valence-electron chi connectivity index (χ3n) is 2.64. The zero-order chi connectivity index (χ0) is 14.5. The Hall–Kier alpha value is -1.56. The van der Waals surface area contributed by atoms with Crippen molar-refractivity contribution in [2.24, 2.45) is 5.92 Å². The summed E-state index contributed by atoms with van der Waals surface area (Å²) in [4.78, 5) is 11.7. The predicted octanol–water partition coefficient (Wildman–Crippen LogP) is 2.29. The minimum atomic E-state index is -4.38. The second kappa shape index (κ2) is 6.56. The highest BCUT2D eigenvalue weighted by molar-refractivity contribution is 5.94. The van der Waals surface area contributed by atoms with E-state index in [0.717, 1.165) is 18.7 Å². The summed E-state index contributed by atoms with van der Waals surface area (Å²) in [5, 5.41) is 5.66. The molecule has 0 fully saturated rings. The lowest BCUT2D eigenvalue weighted by molar-refractivity contribution is -0.137. The first-order valence-electron chi connectivity index (χ1n) is 5.94. The van der Waals surface area contributed by atoms with Crippen molar-refractivity contribution in [1.29, 1.82) is 0 Å². The van der Waals surface area contributed by atoms with Crippen molar-refractivity contribution in [3.63, 3.8) is 0 Å². The van der Waals surface area contributed by atoms with Gasteiger partial charge in [-0.2, -0.15) is 13.2 Å². The number of hydrogen-bond donors (Lipinski definition) is 2. The van der Waals surface area contributed by atoms with Crippen LogP contribution in [0.3, 0.4) is 0 Å². The van der Waals surface area contributed by atoms with E-state index in [-0.39, 0.29) is 17.4 Å². The molecule has 1 unspecified atom stereocenters. The summed E-state index contributed by atoms with van der Waals surface area (Å²) < 4.78 is 37.1. The van der Waals surface area contributed by atoms with Gasteiger partial charge in [-0.3, -0.25) is 4.79 Å². The molecule has 19 heavy (non-hydrogen) atoms. The van der Waals surface area contributed by atoms with Crippen LogP contribution in [-0.4, -0.2) is 26.0 Å². The first-order chi connectivity index (χ1) is 8.84. The molecule has 0 heterocycles. The second-order valence-electron chi connectivity index (χ2n) is 4.45. The van der Waals surface area contributed by atoms with Gasteiger partial charge in [0, 0.05) is 12.1 Å². The van der Waals surface area contributed by atoms with Crippen LogP contribution in [-0.2, 0) is 6.18 Å². The summed E-state index contributed by atoms with van der Waals surface area (Å²) in [7, 11) is 1.81.